The molecule has 4 N–H and O–H groups in total. The molecule has 2 heterocycles. The fourth-order valence-electron chi connectivity index (χ4n) is 6.82. The van der Waals surface area contributed by atoms with E-state index in [0.717, 1.165) is 42.8 Å². The second kappa shape index (κ2) is 23.5. The molecular weight excluding hydrogens is 707 g/mol. The maximum absolute atomic E-state index is 14.6. The molecular formula is C41H65N5O7S. The number of nitrogens with one attached hydrogen (secondary N) is 3. The van der Waals surface area contributed by atoms with Crippen LogP contribution in [-0.4, -0.2) is 95.9 Å². The maximum atomic E-state index is 14.6. The van der Waals surface area contributed by atoms with Gasteiger partial charge in [-0.05, 0) is 69.4 Å². The predicted octanol–water partition coefficient (Wildman–Crippen LogP) is 6.02. The van der Waals surface area contributed by atoms with E-state index >= 15 is 0 Å². The Kier molecular flexibility index (Phi) is 19.6. The van der Waals surface area contributed by atoms with E-state index in [4.69, 9.17) is 14.5 Å². The number of benzene rings is 1. The van der Waals surface area contributed by atoms with Gasteiger partial charge in [-0.25, -0.2) is 4.98 Å². The van der Waals surface area contributed by atoms with Crippen molar-refractivity contribution in [1.82, 2.24) is 25.8 Å². The molecule has 1 aliphatic heterocycles. The summed E-state index contributed by atoms with van der Waals surface area (Å²) in [5.41, 5.74) is 1.26. The van der Waals surface area contributed by atoms with Gasteiger partial charge in [0.25, 0.3) is 5.91 Å². The number of carbonyl (C=O) groups is 4. The third kappa shape index (κ3) is 14.0. The number of ether oxygens (including phenoxy) is 2. The summed E-state index contributed by atoms with van der Waals surface area (Å²) in [5, 5.41) is 21.5. The molecule has 0 saturated carbocycles. The van der Waals surface area contributed by atoms with Crippen molar-refractivity contribution in [3.63, 3.8) is 0 Å². The first-order chi connectivity index (χ1) is 25.9. The normalized spacial score (nSPS) is 17.9. The van der Waals surface area contributed by atoms with Crippen molar-refractivity contribution >= 4 is 35.0 Å². The molecule has 2 aromatic rings. The number of carboxylic acids is 1. The highest BCUT2D eigenvalue weighted by atomic mass is 32.1. The number of thiazole rings is 1. The fourth-order valence-corrected chi connectivity index (χ4v) is 7.72. The highest BCUT2D eigenvalue weighted by Crippen LogP contribution is 2.31. The molecule has 54 heavy (non-hydrogen) atoms. The molecule has 3 rings (SSSR count). The third-order valence-corrected chi connectivity index (χ3v) is 11.3. The van der Waals surface area contributed by atoms with E-state index in [1.54, 1.807) is 17.2 Å². The maximum Gasteiger partial charge on any atom is 0.306 e. The molecule has 0 aliphatic carbocycles. The Bertz CT molecular complexity index is 1430. The van der Waals surface area contributed by atoms with Crippen LogP contribution in [0.2, 0.25) is 0 Å². The average molecular weight is 772 g/mol. The molecule has 0 bridgehead atoms. The Hall–Kier alpha value is -3.39. The number of piperidine rings is 1. The van der Waals surface area contributed by atoms with Crippen LogP contribution in [0.3, 0.4) is 0 Å². The monoisotopic (exact) mass is 771 g/mol. The lowest BCUT2D eigenvalue weighted by molar-refractivity contribution is -0.148. The lowest BCUT2D eigenvalue weighted by atomic mass is 9.90. The van der Waals surface area contributed by atoms with Crippen LogP contribution >= 0.6 is 11.3 Å². The number of rotatable bonds is 24. The first-order valence-corrected chi connectivity index (χ1v) is 20.8. The van der Waals surface area contributed by atoms with E-state index in [1.165, 1.54) is 11.3 Å². The van der Waals surface area contributed by atoms with Crippen molar-refractivity contribution in [1.29, 1.82) is 0 Å². The van der Waals surface area contributed by atoms with Gasteiger partial charge in [0.1, 0.15) is 18.5 Å². The van der Waals surface area contributed by atoms with Gasteiger partial charge in [0.05, 0.1) is 23.6 Å². The predicted molar refractivity (Wildman–Crippen MR) is 212 cm³/mol. The molecule has 1 aromatic carbocycles. The third-order valence-electron chi connectivity index (χ3n) is 10.3. The Balaban J connectivity index is 1.89. The van der Waals surface area contributed by atoms with Gasteiger partial charge in [-0.1, -0.05) is 84.7 Å². The lowest BCUT2D eigenvalue weighted by Gasteiger charge is -2.39. The molecule has 3 amide bonds. The SMILES string of the molecule is CCCOC[C@H](C[C@H](C(C)C)N(COCC)C(=O)[C@@H](NC(=O)[C@H]1CCCCN1)[C@@H](C)CC)c1nc(C(=O)N[C@@H](Cc2ccccc2)C[C@H](C)C(=O)O)cs1. The summed E-state index contributed by atoms with van der Waals surface area (Å²) < 4.78 is 12.0. The summed E-state index contributed by atoms with van der Waals surface area (Å²) in [4.78, 5) is 60.0. The zero-order valence-corrected chi connectivity index (χ0v) is 34.3. The van der Waals surface area contributed by atoms with Gasteiger partial charge in [-0.2, -0.15) is 0 Å². The summed E-state index contributed by atoms with van der Waals surface area (Å²) in [7, 11) is 0. The average Bonchev–Trinajstić information content (AvgIpc) is 3.66. The second-order valence-electron chi connectivity index (χ2n) is 15.0. The van der Waals surface area contributed by atoms with Crippen LogP contribution in [0.25, 0.3) is 0 Å². The van der Waals surface area contributed by atoms with Crippen LogP contribution in [0.5, 0.6) is 0 Å². The molecule has 1 aliphatic rings. The minimum atomic E-state index is -0.913. The standard InChI is InChI=1S/C41H65N5O7S/c1-8-20-53-24-31(39-44-34(25-54-39)38(48)43-32(21-29(7)41(50)51)22-30-16-12-11-13-17-30)23-35(27(4)5)46(26-52-10-3)40(49)36(28(6)9-2)45-37(47)33-18-14-15-19-42-33/h11-13,16-17,25,27-29,31-33,35-36,42H,8-10,14-15,18-24,26H2,1-7H3,(H,43,48)(H,45,47)(H,50,51)/t28-,29-,31-,32+,33+,35+,36-/m0/s1. The number of amides is 3. The lowest BCUT2D eigenvalue weighted by Crippen LogP contribution is -2.59. The minimum Gasteiger partial charge on any atom is -0.481 e. The van der Waals surface area contributed by atoms with Crippen molar-refractivity contribution in [2.75, 3.05) is 33.1 Å². The van der Waals surface area contributed by atoms with Gasteiger partial charge in [0.15, 0.2) is 0 Å². The van der Waals surface area contributed by atoms with Crippen molar-refractivity contribution in [2.24, 2.45) is 17.8 Å². The van der Waals surface area contributed by atoms with Crippen molar-refractivity contribution in [3.8, 4) is 0 Å². The fraction of sp³-hybridized carbons (Fsp3) is 0.683. The minimum absolute atomic E-state index is 0.0223. The Morgan fingerprint density at radius 3 is 2.37 bits per heavy atom. The first kappa shape index (κ1) is 45.0. The number of hydrogen-bond donors (Lipinski definition) is 4. The van der Waals surface area contributed by atoms with Crippen molar-refractivity contribution < 1.29 is 33.8 Å². The summed E-state index contributed by atoms with van der Waals surface area (Å²) in [5.74, 6) is -2.55. The topological polar surface area (TPSA) is 159 Å². The number of carboxylic acid groups (broad SMARTS) is 1. The van der Waals surface area contributed by atoms with Gasteiger partial charge in [-0.15, -0.1) is 11.3 Å². The smallest absolute Gasteiger partial charge is 0.306 e. The Morgan fingerprint density at radius 1 is 1.02 bits per heavy atom. The summed E-state index contributed by atoms with van der Waals surface area (Å²) >= 11 is 1.38. The Labute approximate surface area is 326 Å². The second-order valence-corrected chi connectivity index (χ2v) is 15.9. The van der Waals surface area contributed by atoms with E-state index < -0.39 is 24.0 Å². The number of hydrogen-bond acceptors (Lipinski definition) is 9. The van der Waals surface area contributed by atoms with Gasteiger partial charge in [0, 0.05) is 36.6 Å². The highest BCUT2D eigenvalue weighted by molar-refractivity contribution is 7.09. The molecule has 302 valence electrons. The molecule has 0 unspecified atom stereocenters. The molecule has 1 saturated heterocycles. The van der Waals surface area contributed by atoms with Crippen LogP contribution in [0.4, 0.5) is 0 Å². The van der Waals surface area contributed by atoms with Gasteiger partial charge in [0.2, 0.25) is 11.8 Å². The highest BCUT2D eigenvalue weighted by Gasteiger charge is 2.38. The summed E-state index contributed by atoms with van der Waals surface area (Å²) in [6.45, 7) is 16.0. The van der Waals surface area contributed by atoms with Gasteiger partial charge >= 0.3 is 5.97 Å². The summed E-state index contributed by atoms with van der Waals surface area (Å²) in [6, 6.07) is 7.96. The van der Waals surface area contributed by atoms with Crippen molar-refractivity contribution in [2.45, 2.75) is 130 Å². The van der Waals surface area contributed by atoms with Crippen LogP contribution < -0.4 is 16.0 Å². The molecule has 7 atom stereocenters. The largest absolute Gasteiger partial charge is 0.481 e. The quantitative estimate of drug-likeness (QED) is 0.0741. The zero-order chi connectivity index (χ0) is 39.6. The van der Waals surface area contributed by atoms with E-state index in [2.05, 4.69) is 29.8 Å². The number of aliphatic carboxylic acids is 1. The van der Waals surface area contributed by atoms with E-state index in [0.29, 0.717) is 39.1 Å². The van der Waals surface area contributed by atoms with E-state index in [1.807, 2.05) is 58.0 Å². The zero-order valence-electron chi connectivity index (χ0n) is 33.5. The number of aromatic nitrogens is 1. The first-order valence-electron chi connectivity index (χ1n) is 19.9. The van der Waals surface area contributed by atoms with Crippen LogP contribution in [0.15, 0.2) is 35.7 Å². The molecule has 0 spiro atoms. The van der Waals surface area contributed by atoms with Crippen molar-refractivity contribution in [3.05, 3.63) is 52.0 Å². The van der Waals surface area contributed by atoms with Gasteiger partial charge in [-0.3, -0.25) is 19.2 Å². The molecule has 0 radical (unpaired) electrons. The summed E-state index contributed by atoms with van der Waals surface area (Å²) in [6.07, 6.45) is 5.57. The number of nitrogens with zero attached hydrogens (tertiary/aromatic N) is 2. The van der Waals surface area contributed by atoms with E-state index in [-0.39, 0.29) is 66.4 Å². The van der Waals surface area contributed by atoms with Crippen LogP contribution in [0.1, 0.15) is 120 Å². The van der Waals surface area contributed by atoms with Crippen LogP contribution in [0, 0.1) is 17.8 Å². The molecule has 1 aromatic heterocycles. The molecule has 13 heteroatoms. The molecule has 12 nitrogen and oxygen atoms in total. The van der Waals surface area contributed by atoms with E-state index in [9.17, 15) is 24.3 Å². The Morgan fingerprint density at radius 2 is 1.76 bits per heavy atom. The number of carbonyl (C=O) groups excluding carboxylic acids is 3. The van der Waals surface area contributed by atoms with Gasteiger partial charge < -0.3 is 35.4 Å². The van der Waals surface area contributed by atoms with Crippen LogP contribution in [-0.2, 0) is 30.3 Å². The molecule has 1 fully saturated rings.